The lowest BCUT2D eigenvalue weighted by Gasteiger charge is -1.99. The molecule has 4 heteroatoms. The molecule has 2 heterocycles. The monoisotopic (exact) mass is 224 g/mol. The topological polar surface area (TPSA) is 67.6 Å². The molecule has 84 valence electrons. The third-order valence-corrected chi connectivity index (χ3v) is 2.72. The predicted molar refractivity (Wildman–Crippen MR) is 68.2 cm³/mol. The van der Waals surface area contributed by atoms with Crippen molar-refractivity contribution in [3.8, 4) is 11.4 Å². The highest BCUT2D eigenvalue weighted by Gasteiger charge is 2.06. The van der Waals surface area contributed by atoms with Crippen molar-refractivity contribution >= 4 is 17.8 Å². The number of hydrogen-bond donors (Lipinski definition) is 2. The van der Waals surface area contributed by atoms with Gasteiger partial charge in [-0.1, -0.05) is 18.2 Å². The summed E-state index contributed by atoms with van der Waals surface area (Å²) in [5.41, 5.74) is 7.43. The Kier molecular flexibility index (Phi) is 2.26. The van der Waals surface area contributed by atoms with E-state index in [0.717, 1.165) is 28.5 Å². The molecule has 0 atom stereocenters. The van der Waals surface area contributed by atoms with E-state index in [1.807, 2.05) is 12.2 Å². The zero-order chi connectivity index (χ0) is 11.7. The Morgan fingerprint density at radius 2 is 2.29 bits per heavy atom. The zero-order valence-electron chi connectivity index (χ0n) is 9.22. The van der Waals surface area contributed by atoms with Gasteiger partial charge in [0.05, 0.1) is 16.3 Å². The first-order valence-corrected chi connectivity index (χ1v) is 5.47. The maximum absolute atomic E-state index is 5.91. The summed E-state index contributed by atoms with van der Waals surface area (Å²) in [6, 6.07) is 1.77. The Morgan fingerprint density at radius 1 is 1.35 bits per heavy atom. The molecule has 3 N–H and O–H groups in total. The Bertz CT molecular complexity index is 694. The maximum Gasteiger partial charge on any atom is 0.142 e. The number of aromatic nitrogens is 3. The third-order valence-electron chi connectivity index (χ3n) is 2.72. The number of anilines is 1. The first-order valence-electron chi connectivity index (χ1n) is 5.47. The number of pyridine rings is 1. The Labute approximate surface area is 98.2 Å². The van der Waals surface area contributed by atoms with Gasteiger partial charge in [-0.2, -0.15) is 0 Å². The summed E-state index contributed by atoms with van der Waals surface area (Å²) in [5.74, 6) is 0.767. The lowest BCUT2D eigenvalue weighted by Crippen LogP contribution is -2.23. The average molecular weight is 224 g/mol. The van der Waals surface area contributed by atoms with Gasteiger partial charge in [0.25, 0.3) is 0 Å². The summed E-state index contributed by atoms with van der Waals surface area (Å²) in [7, 11) is 0. The maximum atomic E-state index is 5.91. The smallest absolute Gasteiger partial charge is 0.142 e. The molecule has 0 fully saturated rings. The second-order valence-electron chi connectivity index (χ2n) is 3.88. The van der Waals surface area contributed by atoms with Crippen LogP contribution in [0.1, 0.15) is 6.42 Å². The number of rotatable bonds is 1. The van der Waals surface area contributed by atoms with Crippen LogP contribution in [-0.4, -0.2) is 15.0 Å². The van der Waals surface area contributed by atoms with Crippen molar-refractivity contribution in [2.24, 2.45) is 0 Å². The molecule has 0 unspecified atom stereocenters. The number of allylic oxidation sites excluding steroid dienone is 2. The van der Waals surface area contributed by atoms with Crippen LogP contribution in [0.15, 0.2) is 30.6 Å². The molecule has 3 rings (SSSR count). The molecule has 0 saturated carbocycles. The highest BCUT2D eigenvalue weighted by Crippen LogP contribution is 2.18. The minimum Gasteiger partial charge on any atom is -0.398 e. The van der Waals surface area contributed by atoms with Gasteiger partial charge >= 0.3 is 0 Å². The standard InChI is InChI=1S/C13H12N4/c14-10-6-7-15-8-9(10)13-16-11-4-2-1-3-5-12(11)17-13/h1-2,4-8H,3H2,(H2,14,15)(H,16,17). The first-order chi connectivity index (χ1) is 8.34. The van der Waals surface area contributed by atoms with Crippen LogP contribution in [0.4, 0.5) is 5.69 Å². The fourth-order valence-electron chi connectivity index (χ4n) is 1.84. The molecule has 2 aromatic rings. The van der Waals surface area contributed by atoms with Crippen LogP contribution in [0, 0.1) is 0 Å². The van der Waals surface area contributed by atoms with Gasteiger partial charge in [-0.05, 0) is 18.6 Å². The van der Waals surface area contributed by atoms with Gasteiger partial charge in [0, 0.05) is 18.1 Å². The average Bonchev–Trinajstić information content (AvgIpc) is 2.61. The third kappa shape index (κ3) is 1.73. The number of nitrogens with two attached hydrogens (primary N) is 1. The minimum atomic E-state index is 0.680. The number of imidazole rings is 1. The van der Waals surface area contributed by atoms with E-state index in [1.165, 1.54) is 0 Å². The van der Waals surface area contributed by atoms with E-state index in [1.54, 1.807) is 18.5 Å². The molecule has 0 spiro atoms. The number of aromatic amines is 1. The summed E-state index contributed by atoms with van der Waals surface area (Å²) in [5, 5.41) is 1.98. The Hall–Kier alpha value is -2.36. The van der Waals surface area contributed by atoms with Crippen molar-refractivity contribution in [1.82, 2.24) is 15.0 Å². The van der Waals surface area contributed by atoms with Gasteiger partial charge < -0.3 is 10.7 Å². The van der Waals surface area contributed by atoms with E-state index in [-0.39, 0.29) is 0 Å². The Balaban J connectivity index is 2.22. The normalized spacial score (nSPS) is 13.4. The van der Waals surface area contributed by atoms with E-state index < -0.39 is 0 Å². The van der Waals surface area contributed by atoms with Crippen LogP contribution in [0.5, 0.6) is 0 Å². The largest absolute Gasteiger partial charge is 0.398 e. The van der Waals surface area contributed by atoms with Gasteiger partial charge in [0.1, 0.15) is 5.82 Å². The molecule has 1 aliphatic carbocycles. The fourth-order valence-corrected chi connectivity index (χ4v) is 1.84. The Morgan fingerprint density at radius 3 is 3.18 bits per heavy atom. The molecular formula is C13H12N4. The van der Waals surface area contributed by atoms with Crippen LogP contribution in [0.3, 0.4) is 0 Å². The second kappa shape index (κ2) is 3.90. The van der Waals surface area contributed by atoms with Gasteiger partial charge in [-0.15, -0.1) is 0 Å². The molecule has 0 saturated heterocycles. The zero-order valence-corrected chi connectivity index (χ0v) is 9.22. The summed E-state index contributed by atoms with van der Waals surface area (Å²) in [6.07, 6.45) is 12.5. The van der Waals surface area contributed by atoms with Crippen LogP contribution in [-0.2, 0) is 0 Å². The second-order valence-corrected chi connectivity index (χ2v) is 3.88. The van der Waals surface area contributed by atoms with E-state index in [0.29, 0.717) is 5.69 Å². The predicted octanol–water partition coefficient (Wildman–Crippen LogP) is 0.575. The van der Waals surface area contributed by atoms with Crippen LogP contribution >= 0.6 is 0 Å². The highest BCUT2D eigenvalue weighted by atomic mass is 14.9. The number of H-pyrrole nitrogens is 1. The van der Waals surface area contributed by atoms with E-state index in [9.17, 15) is 0 Å². The molecule has 0 radical (unpaired) electrons. The van der Waals surface area contributed by atoms with Crippen LogP contribution < -0.4 is 16.4 Å². The molecule has 0 aromatic carbocycles. The number of nitrogens with zero attached hydrogens (tertiary/aromatic N) is 2. The van der Waals surface area contributed by atoms with Crippen molar-refractivity contribution in [1.29, 1.82) is 0 Å². The van der Waals surface area contributed by atoms with E-state index >= 15 is 0 Å². The summed E-state index contributed by atoms with van der Waals surface area (Å²) in [4.78, 5) is 11.9. The fraction of sp³-hybridized carbons (Fsp3) is 0.0769. The molecule has 4 nitrogen and oxygen atoms in total. The van der Waals surface area contributed by atoms with Crippen molar-refractivity contribution < 1.29 is 0 Å². The quantitative estimate of drug-likeness (QED) is 0.744. The number of hydrogen-bond acceptors (Lipinski definition) is 3. The molecule has 0 bridgehead atoms. The van der Waals surface area contributed by atoms with Crippen LogP contribution in [0.2, 0.25) is 0 Å². The van der Waals surface area contributed by atoms with Gasteiger partial charge in [-0.25, -0.2) is 4.98 Å². The number of nitrogen functional groups attached to an aromatic ring is 1. The molecule has 2 aromatic heterocycles. The van der Waals surface area contributed by atoms with E-state index in [2.05, 4.69) is 27.1 Å². The van der Waals surface area contributed by atoms with Crippen molar-refractivity contribution in [2.75, 3.05) is 5.73 Å². The van der Waals surface area contributed by atoms with Crippen molar-refractivity contribution in [3.63, 3.8) is 0 Å². The van der Waals surface area contributed by atoms with Crippen molar-refractivity contribution in [3.05, 3.63) is 41.3 Å². The van der Waals surface area contributed by atoms with Gasteiger partial charge in [0.2, 0.25) is 0 Å². The summed E-state index contributed by atoms with van der Waals surface area (Å²) < 4.78 is 0. The summed E-state index contributed by atoms with van der Waals surface area (Å²) in [6.45, 7) is 0. The van der Waals surface area contributed by atoms with Gasteiger partial charge in [-0.3, -0.25) is 4.98 Å². The number of fused-ring (bicyclic) bond motifs is 1. The number of nitrogens with one attached hydrogen (secondary N) is 1. The lowest BCUT2D eigenvalue weighted by atomic mass is 10.2. The highest BCUT2D eigenvalue weighted by molar-refractivity contribution is 5.70. The molecule has 17 heavy (non-hydrogen) atoms. The molecular weight excluding hydrogens is 212 g/mol. The van der Waals surface area contributed by atoms with E-state index in [4.69, 9.17) is 5.73 Å². The lowest BCUT2D eigenvalue weighted by molar-refractivity contribution is 1.25. The molecule has 1 aliphatic rings. The minimum absolute atomic E-state index is 0.680. The van der Waals surface area contributed by atoms with Crippen molar-refractivity contribution in [2.45, 2.75) is 6.42 Å². The van der Waals surface area contributed by atoms with Gasteiger partial charge in [0.15, 0.2) is 0 Å². The van der Waals surface area contributed by atoms with Crippen LogP contribution in [0.25, 0.3) is 23.5 Å². The first kappa shape index (κ1) is 9.84. The summed E-state index contributed by atoms with van der Waals surface area (Å²) >= 11 is 0. The molecule has 0 aliphatic heterocycles. The SMILES string of the molecule is Nc1ccncc1-c1nc2c([nH]1)=CC=CCC=2. The molecule has 0 amide bonds.